The minimum Gasteiger partial charge on any atom is -0.341 e. The summed E-state index contributed by atoms with van der Waals surface area (Å²) in [5, 5.41) is 0. The van der Waals surface area contributed by atoms with Crippen molar-refractivity contribution < 1.29 is 27.6 Å². The van der Waals surface area contributed by atoms with Crippen LogP contribution in [-0.2, 0) is 14.4 Å². The molecule has 3 atom stereocenters. The molecule has 132 valence electrons. The molecule has 0 N–H and O–H groups in total. The number of fused-ring (bicyclic) bond motifs is 1. The summed E-state index contributed by atoms with van der Waals surface area (Å²) in [7, 11) is 0. The summed E-state index contributed by atoms with van der Waals surface area (Å²) in [6, 6.07) is 0. The Morgan fingerprint density at radius 3 is 2.25 bits per heavy atom. The van der Waals surface area contributed by atoms with Gasteiger partial charge in [-0.2, -0.15) is 13.2 Å². The summed E-state index contributed by atoms with van der Waals surface area (Å²) >= 11 is 0. The number of carbonyl (C=O) groups is 3. The van der Waals surface area contributed by atoms with Crippen molar-refractivity contribution in [2.75, 3.05) is 19.6 Å². The van der Waals surface area contributed by atoms with Gasteiger partial charge in [-0.3, -0.25) is 19.3 Å². The standard InChI is InChI=1S/C16H19F3N2O3/c17-16(18,19)10-4-3-7-20(8-10)13(22)9-21-14(23)11-5-1-2-6-12(11)15(21)24/h1-2,10-12H,3-9H2/t10-,11-,12+/m0/s1. The second-order valence-corrected chi connectivity index (χ2v) is 6.64. The van der Waals surface area contributed by atoms with Crippen molar-refractivity contribution in [1.29, 1.82) is 0 Å². The Morgan fingerprint density at radius 1 is 1.12 bits per heavy atom. The lowest BCUT2D eigenvalue weighted by Crippen LogP contribution is -2.49. The molecule has 2 saturated heterocycles. The summed E-state index contributed by atoms with van der Waals surface area (Å²) in [5.74, 6) is -3.75. The van der Waals surface area contributed by atoms with Gasteiger partial charge in [-0.1, -0.05) is 12.2 Å². The topological polar surface area (TPSA) is 57.7 Å². The van der Waals surface area contributed by atoms with Gasteiger partial charge in [0.2, 0.25) is 17.7 Å². The van der Waals surface area contributed by atoms with E-state index in [2.05, 4.69) is 0 Å². The van der Waals surface area contributed by atoms with Crippen molar-refractivity contribution in [3.05, 3.63) is 12.2 Å². The fourth-order valence-electron chi connectivity index (χ4n) is 3.73. The van der Waals surface area contributed by atoms with E-state index in [0.717, 1.165) is 9.80 Å². The first-order valence-corrected chi connectivity index (χ1v) is 8.13. The molecule has 24 heavy (non-hydrogen) atoms. The van der Waals surface area contributed by atoms with Crippen LogP contribution in [0.3, 0.4) is 0 Å². The van der Waals surface area contributed by atoms with Gasteiger partial charge in [0.15, 0.2) is 0 Å². The molecule has 0 spiro atoms. The normalized spacial score (nSPS) is 30.7. The molecule has 0 saturated carbocycles. The average Bonchev–Trinajstić information content (AvgIpc) is 2.80. The van der Waals surface area contributed by atoms with Crippen LogP contribution in [-0.4, -0.2) is 53.3 Å². The highest BCUT2D eigenvalue weighted by Crippen LogP contribution is 2.36. The molecule has 0 unspecified atom stereocenters. The van der Waals surface area contributed by atoms with Crippen LogP contribution < -0.4 is 0 Å². The van der Waals surface area contributed by atoms with Gasteiger partial charge in [0.1, 0.15) is 6.54 Å². The van der Waals surface area contributed by atoms with Gasteiger partial charge in [-0.25, -0.2) is 0 Å². The van der Waals surface area contributed by atoms with Crippen molar-refractivity contribution in [1.82, 2.24) is 9.80 Å². The van der Waals surface area contributed by atoms with Crippen LogP contribution in [0.2, 0.25) is 0 Å². The SMILES string of the molecule is O=C(CN1C(=O)[C@H]2CC=CC[C@H]2C1=O)N1CCC[C@H](C(F)(F)F)C1. The molecule has 2 heterocycles. The lowest BCUT2D eigenvalue weighted by Gasteiger charge is -2.34. The molecule has 3 aliphatic rings. The zero-order valence-corrected chi connectivity index (χ0v) is 13.1. The highest BCUT2D eigenvalue weighted by Gasteiger charge is 2.48. The Labute approximate surface area is 137 Å². The first kappa shape index (κ1) is 17.0. The van der Waals surface area contributed by atoms with E-state index in [4.69, 9.17) is 0 Å². The predicted octanol–water partition coefficient (Wildman–Crippen LogP) is 1.74. The highest BCUT2D eigenvalue weighted by molar-refractivity contribution is 6.07. The molecular weight excluding hydrogens is 325 g/mol. The number of imide groups is 1. The lowest BCUT2D eigenvalue weighted by molar-refractivity contribution is -0.188. The zero-order valence-electron chi connectivity index (χ0n) is 13.1. The maximum absolute atomic E-state index is 12.8. The van der Waals surface area contributed by atoms with Crippen molar-refractivity contribution in [3.63, 3.8) is 0 Å². The molecule has 0 aromatic carbocycles. The molecule has 2 fully saturated rings. The number of halogens is 3. The highest BCUT2D eigenvalue weighted by atomic mass is 19.4. The molecule has 0 aromatic rings. The molecule has 0 radical (unpaired) electrons. The smallest absolute Gasteiger partial charge is 0.341 e. The van der Waals surface area contributed by atoms with Gasteiger partial charge in [-0.05, 0) is 25.7 Å². The number of likely N-dealkylation sites (tertiary alicyclic amines) is 2. The minimum absolute atomic E-state index is 0.00464. The predicted molar refractivity (Wildman–Crippen MR) is 77.4 cm³/mol. The number of hydrogen-bond donors (Lipinski definition) is 0. The largest absolute Gasteiger partial charge is 0.393 e. The van der Waals surface area contributed by atoms with Crippen LogP contribution in [0.25, 0.3) is 0 Å². The maximum Gasteiger partial charge on any atom is 0.393 e. The summed E-state index contributed by atoms with van der Waals surface area (Å²) in [5.41, 5.74) is 0. The van der Waals surface area contributed by atoms with Crippen LogP contribution in [0.5, 0.6) is 0 Å². The average molecular weight is 344 g/mol. The number of carbonyl (C=O) groups excluding carboxylic acids is 3. The summed E-state index contributed by atoms with van der Waals surface area (Å²) < 4.78 is 38.5. The number of nitrogens with zero attached hydrogens (tertiary/aromatic N) is 2. The van der Waals surface area contributed by atoms with Gasteiger partial charge in [0.25, 0.3) is 0 Å². The number of alkyl halides is 3. The Kier molecular flexibility index (Phi) is 4.40. The Hall–Kier alpha value is -1.86. The molecule has 3 amide bonds. The monoisotopic (exact) mass is 344 g/mol. The summed E-state index contributed by atoms with van der Waals surface area (Å²) in [6.07, 6.45) is 0.572. The third kappa shape index (κ3) is 3.06. The molecule has 1 aliphatic carbocycles. The Morgan fingerprint density at radius 2 is 1.71 bits per heavy atom. The maximum atomic E-state index is 12.8. The first-order chi connectivity index (χ1) is 11.3. The van der Waals surface area contributed by atoms with Crippen LogP contribution in [0.15, 0.2) is 12.2 Å². The van der Waals surface area contributed by atoms with Crippen LogP contribution in [0.1, 0.15) is 25.7 Å². The van der Waals surface area contributed by atoms with Gasteiger partial charge >= 0.3 is 6.18 Å². The molecule has 5 nitrogen and oxygen atoms in total. The number of allylic oxidation sites excluding steroid dienone is 2. The molecule has 0 bridgehead atoms. The summed E-state index contributed by atoms with van der Waals surface area (Å²) in [6.45, 7) is -0.613. The Balaban J connectivity index is 1.64. The quantitative estimate of drug-likeness (QED) is 0.566. The third-order valence-corrected chi connectivity index (χ3v) is 5.13. The van der Waals surface area contributed by atoms with Crippen molar-refractivity contribution in [2.45, 2.75) is 31.9 Å². The van der Waals surface area contributed by atoms with Gasteiger partial charge in [0.05, 0.1) is 17.8 Å². The van der Waals surface area contributed by atoms with E-state index in [0.29, 0.717) is 12.8 Å². The molecular formula is C16H19F3N2O3. The molecule has 2 aliphatic heterocycles. The van der Waals surface area contributed by atoms with E-state index >= 15 is 0 Å². The lowest BCUT2D eigenvalue weighted by atomic mass is 9.85. The van der Waals surface area contributed by atoms with E-state index in [1.165, 1.54) is 0 Å². The number of piperidine rings is 1. The molecule has 8 heteroatoms. The minimum atomic E-state index is -4.33. The second-order valence-electron chi connectivity index (χ2n) is 6.64. The Bertz CT molecular complexity index is 562. The van der Waals surface area contributed by atoms with E-state index < -0.39 is 42.9 Å². The van der Waals surface area contributed by atoms with Crippen molar-refractivity contribution in [3.8, 4) is 0 Å². The van der Waals surface area contributed by atoms with Crippen molar-refractivity contribution in [2.24, 2.45) is 17.8 Å². The number of rotatable bonds is 2. The van der Waals surface area contributed by atoms with E-state index in [1.54, 1.807) is 0 Å². The van der Waals surface area contributed by atoms with Crippen LogP contribution >= 0.6 is 0 Å². The van der Waals surface area contributed by atoms with E-state index in [1.807, 2.05) is 12.2 Å². The van der Waals surface area contributed by atoms with Gasteiger partial charge < -0.3 is 4.90 Å². The van der Waals surface area contributed by atoms with E-state index in [9.17, 15) is 27.6 Å². The van der Waals surface area contributed by atoms with Crippen molar-refractivity contribution >= 4 is 17.7 Å². The van der Waals surface area contributed by atoms with Gasteiger partial charge in [0, 0.05) is 13.1 Å². The van der Waals surface area contributed by atoms with Gasteiger partial charge in [-0.15, -0.1) is 0 Å². The fourth-order valence-corrected chi connectivity index (χ4v) is 3.73. The van der Waals surface area contributed by atoms with E-state index in [-0.39, 0.29) is 31.2 Å². The van der Waals surface area contributed by atoms with Crippen LogP contribution in [0, 0.1) is 17.8 Å². The number of hydrogen-bond acceptors (Lipinski definition) is 3. The third-order valence-electron chi connectivity index (χ3n) is 5.13. The zero-order chi connectivity index (χ0) is 17.5. The number of amides is 3. The fraction of sp³-hybridized carbons (Fsp3) is 0.688. The summed E-state index contributed by atoms with van der Waals surface area (Å²) in [4.78, 5) is 39.0. The second kappa shape index (κ2) is 6.22. The first-order valence-electron chi connectivity index (χ1n) is 8.13. The molecule has 3 rings (SSSR count). The van der Waals surface area contributed by atoms with Crippen LogP contribution in [0.4, 0.5) is 13.2 Å². The molecule has 0 aromatic heterocycles.